The van der Waals surface area contributed by atoms with Gasteiger partial charge in [0, 0.05) is 18.8 Å². The Balaban J connectivity index is 1.71. The van der Waals surface area contributed by atoms with Crippen molar-refractivity contribution in [2.75, 3.05) is 18.4 Å². The van der Waals surface area contributed by atoms with Gasteiger partial charge in [0.05, 0.1) is 10.8 Å². The highest BCUT2D eigenvalue weighted by Crippen LogP contribution is 2.24. The third-order valence-corrected chi connectivity index (χ3v) is 6.56. The summed E-state index contributed by atoms with van der Waals surface area (Å²) in [6, 6.07) is 13.7. The second-order valence-electron chi connectivity index (χ2n) is 6.58. The minimum Gasteiger partial charge on any atom is -0.326 e. The van der Waals surface area contributed by atoms with E-state index in [2.05, 4.69) is 5.32 Å². The van der Waals surface area contributed by atoms with E-state index in [0.717, 1.165) is 5.56 Å². The van der Waals surface area contributed by atoms with Gasteiger partial charge in [0.2, 0.25) is 15.9 Å². The molecule has 2 aromatic rings. The van der Waals surface area contributed by atoms with Crippen LogP contribution in [0.1, 0.15) is 18.4 Å². The molecule has 2 radical (unpaired) electrons. The van der Waals surface area contributed by atoms with Crippen molar-refractivity contribution in [3.05, 3.63) is 54.1 Å². The second-order valence-corrected chi connectivity index (χ2v) is 8.51. The maximum absolute atomic E-state index is 12.8. The molecule has 0 aromatic heterocycles. The molecule has 1 fully saturated rings. The Hall–Kier alpha value is -2.12. The molecule has 1 aliphatic heterocycles. The van der Waals surface area contributed by atoms with Crippen molar-refractivity contribution in [3.8, 4) is 0 Å². The van der Waals surface area contributed by atoms with Gasteiger partial charge in [-0.1, -0.05) is 35.3 Å². The number of benzene rings is 2. The summed E-state index contributed by atoms with van der Waals surface area (Å²) in [6.07, 6.45) is 1.31. The lowest BCUT2D eigenvalue weighted by Gasteiger charge is -2.31. The zero-order valence-corrected chi connectivity index (χ0v) is 15.5. The zero-order valence-electron chi connectivity index (χ0n) is 14.7. The Morgan fingerprint density at radius 2 is 1.92 bits per heavy atom. The molecule has 2 aromatic carbocycles. The Bertz CT molecular complexity index is 900. The predicted molar refractivity (Wildman–Crippen MR) is 103 cm³/mol. The van der Waals surface area contributed by atoms with E-state index in [1.54, 1.807) is 42.5 Å². The first-order chi connectivity index (χ1) is 12.4. The van der Waals surface area contributed by atoms with Gasteiger partial charge in [0.25, 0.3) is 0 Å². The molecule has 1 atom stereocenters. The number of nitrogens with zero attached hydrogens (tertiary/aromatic N) is 1. The number of carbonyl (C=O) groups excluding carboxylic acids is 1. The van der Waals surface area contributed by atoms with Crippen LogP contribution in [0.25, 0.3) is 0 Å². The standard InChI is InChI=1S/C19H21BN2O3S/c1-14-9-10-16(12-18(14)20)21-19(23)15-6-5-11-22(13-15)26(24,25)17-7-3-2-4-8-17/h2-4,7-10,12,15H,5-6,11,13H2,1H3,(H,21,23)/t15-/m0/s1. The van der Waals surface area contributed by atoms with Crippen LogP contribution in [0.4, 0.5) is 5.69 Å². The van der Waals surface area contributed by atoms with Crippen LogP contribution in [0.15, 0.2) is 53.4 Å². The SMILES string of the molecule is [B]c1cc(NC(=O)[C@H]2CCCN(S(=O)(=O)c3ccccc3)C2)ccc1C. The van der Waals surface area contributed by atoms with Gasteiger partial charge in [0.15, 0.2) is 0 Å². The van der Waals surface area contributed by atoms with Crippen molar-refractivity contribution in [2.45, 2.75) is 24.7 Å². The molecular formula is C19H21BN2O3S. The van der Waals surface area contributed by atoms with E-state index in [4.69, 9.17) is 7.85 Å². The van der Waals surface area contributed by atoms with Crippen LogP contribution in [0, 0.1) is 12.8 Å². The lowest BCUT2D eigenvalue weighted by Crippen LogP contribution is -2.43. The van der Waals surface area contributed by atoms with Gasteiger partial charge in [-0.05, 0) is 44.0 Å². The maximum Gasteiger partial charge on any atom is 0.243 e. The summed E-state index contributed by atoms with van der Waals surface area (Å²) in [5.41, 5.74) is 2.18. The van der Waals surface area contributed by atoms with Crippen LogP contribution in [0.5, 0.6) is 0 Å². The number of piperidine rings is 1. The smallest absolute Gasteiger partial charge is 0.243 e. The Labute approximate surface area is 155 Å². The molecule has 0 bridgehead atoms. The van der Waals surface area contributed by atoms with Crippen molar-refractivity contribution in [3.63, 3.8) is 0 Å². The van der Waals surface area contributed by atoms with Gasteiger partial charge in [0.1, 0.15) is 7.85 Å². The van der Waals surface area contributed by atoms with Gasteiger partial charge in [-0.15, -0.1) is 0 Å². The molecule has 0 spiro atoms. The van der Waals surface area contributed by atoms with E-state index >= 15 is 0 Å². The maximum atomic E-state index is 12.8. The van der Waals surface area contributed by atoms with E-state index in [-0.39, 0.29) is 23.3 Å². The first kappa shape index (κ1) is 18.7. The van der Waals surface area contributed by atoms with Crippen molar-refractivity contribution >= 4 is 34.9 Å². The number of amides is 1. The molecule has 0 aliphatic carbocycles. The summed E-state index contributed by atoms with van der Waals surface area (Å²) in [7, 11) is 2.30. The third kappa shape index (κ3) is 3.99. The van der Waals surface area contributed by atoms with Gasteiger partial charge in [-0.2, -0.15) is 4.31 Å². The molecule has 1 aliphatic rings. The van der Waals surface area contributed by atoms with E-state index < -0.39 is 10.0 Å². The summed E-state index contributed by atoms with van der Waals surface area (Å²) in [4.78, 5) is 12.9. The molecule has 1 N–H and O–H groups in total. The summed E-state index contributed by atoms with van der Waals surface area (Å²) in [6.45, 7) is 2.51. The number of hydrogen-bond acceptors (Lipinski definition) is 3. The molecule has 26 heavy (non-hydrogen) atoms. The highest BCUT2D eigenvalue weighted by Gasteiger charge is 2.33. The van der Waals surface area contributed by atoms with E-state index in [1.807, 2.05) is 13.0 Å². The van der Waals surface area contributed by atoms with E-state index in [0.29, 0.717) is 30.5 Å². The Kier molecular flexibility index (Phi) is 5.48. The van der Waals surface area contributed by atoms with Gasteiger partial charge in [-0.25, -0.2) is 8.42 Å². The number of carbonyl (C=O) groups is 1. The fraction of sp³-hybridized carbons (Fsp3) is 0.316. The predicted octanol–water partition coefficient (Wildman–Crippen LogP) is 1.83. The molecule has 5 nitrogen and oxygen atoms in total. The van der Waals surface area contributed by atoms with Gasteiger partial charge in [-0.3, -0.25) is 4.79 Å². The lowest BCUT2D eigenvalue weighted by molar-refractivity contribution is -0.120. The summed E-state index contributed by atoms with van der Waals surface area (Å²) >= 11 is 0. The molecule has 1 heterocycles. The number of sulfonamides is 1. The first-order valence-electron chi connectivity index (χ1n) is 8.60. The summed E-state index contributed by atoms with van der Waals surface area (Å²) in [5.74, 6) is -0.564. The minimum atomic E-state index is -3.58. The molecular weight excluding hydrogens is 347 g/mol. The highest BCUT2D eigenvalue weighted by atomic mass is 32.2. The monoisotopic (exact) mass is 368 g/mol. The van der Waals surface area contributed by atoms with Crippen LogP contribution in [-0.2, 0) is 14.8 Å². The highest BCUT2D eigenvalue weighted by molar-refractivity contribution is 7.89. The lowest BCUT2D eigenvalue weighted by atomic mass is 9.91. The zero-order chi connectivity index (χ0) is 18.7. The number of aryl methyl sites for hydroxylation is 1. The number of rotatable bonds is 4. The number of nitrogens with one attached hydrogen (secondary N) is 1. The average molecular weight is 368 g/mol. The fourth-order valence-corrected chi connectivity index (χ4v) is 4.62. The van der Waals surface area contributed by atoms with Crippen LogP contribution in [-0.4, -0.2) is 39.6 Å². The van der Waals surface area contributed by atoms with Crippen LogP contribution < -0.4 is 10.8 Å². The van der Waals surface area contributed by atoms with Crippen molar-refractivity contribution in [1.82, 2.24) is 4.31 Å². The quantitative estimate of drug-likeness (QED) is 0.838. The molecule has 3 rings (SSSR count). The normalized spacial score (nSPS) is 18.4. The van der Waals surface area contributed by atoms with Crippen molar-refractivity contribution < 1.29 is 13.2 Å². The third-order valence-electron chi connectivity index (χ3n) is 4.68. The fourth-order valence-electron chi connectivity index (χ4n) is 3.08. The Morgan fingerprint density at radius 3 is 2.62 bits per heavy atom. The largest absolute Gasteiger partial charge is 0.326 e. The minimum absolute atomic E-state index is 0.179. The average Bonchev–Trinajstić information content (AvgIpc) is 2.65. The molecule has 7 heteroatoms. The summed E-state index contributed by atoms with van der Waals surface area (Å²) < 4.78 is 26.9. The molecule has 1 saturated heterocycles. The van der Waals surface area contributed by atoms with Crippen LogP contribution in [0.3, 0.4) is 0 Å². The molecule has 0 saturated carbocycles. The van der Waals surface area contributed by atoms with Crippen LogP contribution >= 0.6 is 0 Å². The van der Waals surface area contributed by atoms with Gasteiger partial charge < -0.3 is 5.32 Å². The van der Waals surface area contributed by atoms with Gasteiger partial charge >= 0.3 is 0 Å². The molecule has 0 unspecified atom stereocenters. The Morgan fingerprint density at radius 1 is 1.19 bits per heavy atom. The molecule has 1 amide bonds. The molecule has 134 valence electrons. The second kappa shape index (κ2) is 7.64. The van der Waals surface area contributed by atoms with Crippen LogP contribution in [0.2, 0.25) is 0 Å². The van der Waals surface area contributed by atoms with Crippen molar-refractivity contribution in [1.29, 1.82) is 0 Å². The topological polar surface area (TPSA) is 66.5 Å². The van der Waals surface area contributed by atoms with E-state index in [9.17, 15) is 13.2 Å². The van der Waals surface area contributed by atoms with Crippen molar-refractivity contribution in [2.24, 2.45) is 5.92 Å². The number of hydrogen-bond donors (Lipinski definition) is 1. The summed E-state index contributed by atoms with van der Waals surface area (Å²) in [5, 5.41) is 2.85. The van der Waals surface area contributed by atoms with E-state index in [1.165, 1.54) is 4.31 Å². The number of anilines is 1. The first-order valence-corrected chi connectivity index (χ1v) is 10.0.